The van der Waals surface area contributed by atoms with E-state index in [2.05, 4.69) is 0 Å². The van der Waals surface area contributed by atoms with Gasteiger partial charge < -0.3 is 0 Å². The molecule has 1 N–H and O–H groups in total. The Kier molecular flexibility index (Phi) is 3.68. The second kappa shape index (κ2) is 4.78. The van der Waals surface area contributed by atoms with Crippen molar-refractivity contribution in [1.82, 2.24) is 0 Å². The van der Waals surface area contributed by atoms with Crippen molar-refractivity contribution in [3.8, 4) is 0 Å². The SMILES string of the molecule is O=[N+]([O-])c1ccccc1C([N+](=O)[O-])([N+](=O)[O-])S(=O)(=O)O. The van der Waals surface area contributed by atoms with E-state index in [1.165, 1.54) is 0 Å². The van der Waals surface area contributed by atoms with Gasteiger partial charge in [0.15, 0.2) is 0 Å². The molecule has 0 aliphatic rings. The van der Waals surface area contributed by atoms with Gasteiger partial charge in [0.05, 0.1) is 4.92 Å². The van der Waals surface area contributed by atoms with Crippen LogP contribution in [0.4, 0.5) is 5.69 Å². The fraction of sp³-hybridized carbons (Fsp3) is 0.143. The second-order valence-corrected chi connectivity index (χ2v) is 4.89. The highest BCUT2D eigenvalue weighted by Crippen LogP contribution is 2.36. The first-order chi connectivity index (χ1) is 9.06. The van der Waals surface area contributed by atoms with Crippen LogP contribution in [0, 0.1) is 30.3 Å². The van der Waals surface area contributed by atoms with Crippen molar-refractivity contribution in [1.29, 1.82) is 0 Å². The van der Waals surface area contributed by atoms with Gasteiger partial charge in [0.1, 0.15) is 9.85 Å². The molecule has 0 spiro atoms. The number of nitro groups is 3. The molecule has 0 aliphatic heterocycles. The Hall–Kier alpha value is -2.67. The lowest BCUT2D eigenvalue weighted by Gasteiger charge is -2.13. The minimum Gasteiger partial charge on any atom is -0.274 e. The Balaban J connectivity index is 3.96. The second-order valence-electron chi connectivity index (χ2n) is 3.37. The van der Waals surface area contributed by atoms with Gasteiger partial charge in [-0.1, -0.05) is 12.1 Å². The molecule has 13 heteroatoms. The van der Waals surface area contributed by atoms with Crippen molar-refractivity contribution in [2.75, 3.05) is 0 Å². The summed E-state index contributed by atoms with van der Waals surface area (Å²) in [5.41, 5.74) is -2.55. The van der Waals surface area contributed by atoms with Crippen LogP contribution in [0.2, 0.25) is 0 Å². The molecular weight excluding hydrogens is 302 g/mol. The molecule has 108 valence electrons. The zero-order valence-corrected chi connectivity index (χ0v) is 10.1. The van der Waals surface area contributed by atoms with E-state index in [0.29, 0.717) is 12.1 Å². The highest BCUT2D eigenvalue weighted by molar-refractivity contribution is 7.86. The molecule has 0 amide bonds. The summed E-state index contributed by atoms with van der Waals surface area (Å²) in [5.74, 6) is 0. The van der Waals surface area contributed by atoms with Gasteiger partial charge in [0.25, 0.3) is 5.69 Å². The lowest BCUT2D eigenvalue weighted by molar-refractivity contribution is -0.778. The first-order valence-corrected chi connectivity index (χ1v) is 6.00. The molecule has 0 radical (unpaired) electrons. The third-order valence-corrected chi connectivity index (χ3v) is 3.54. The number of hydrogen-bond acceptors (Lipinski definition) is 8. The van der Waals surface area contributed by atoms with Crippen LogP contribution in [0.25, 0.3) is 0 Å². The largest absolute Gasteiger partial charge is 0.612 e. The van der Waals surface area contributed by atoms with Gasteiger partial charge in [-0.05, 0) is 6.07 Å². The molecule has 0 atom stereocenters. The zero-order chi connectivity index (χ0) is 15.7. The molecular formula is C7H5N3O9S. The molecule has 0 aliphatic carbocycles. The van der Waals surface area contributed by atoms with Gasteiger partial charge in [-0.2, -0.15) is 8.42 Å². The van der Waals surface area contributed by atoms with E-state index in [4.69, 9.17) is 4.55 Å². The Morgan fingerprint density at radius 1 is 1.00 bits per heavy atom. The van der Waals surface area contributed by atoms with E-state index in [-0.39, 0.29) is 0 Å². The first-order valence-electron chi connectivity index (χ1n) is 4.56. The average Bonchev–Trinajstić information content (AvgIpc) is 2.26. The lowest BCUT2D eigenvalue weighted by Crippen LogP contribution is -2.50. The van der Waals surface area contributed by atoms with Crippen molar-refractivity contribution in [3.63, 3.8) is 0 Å². The molecule has 0 unspecified atom stereocenters. The van der Waals surface area contributed by atoms with E-state index in [1.807, 2.05) is 0 Å². The van der Waals surface area contributed by atoms with Gasteiger partial charge in [0.2, 0.25) is 5.56 Å². The molecule has 0 saturated carbocycles. The number of hydrogen-bond donors (Lipinski definition) is 1. The quantitative estimate of drug-likeness (QED) is 0.342. The summed E-state index contributed by atoms with van der Waals surface area (Å²) < 4.78 is 31.2. The van der Waals surface area contributed by atoms with Crippen molar-refractivity contribution in [3.05, 3.63) is 60.2 Å². The molecule has 0 fully saturated rings. The van der Waals surface area contributed by atoms with Crippen LogP contribution in [-0.4, -0.2) is 27.7 Å². The van der Waals surface area contributed by atoms with E-state index < -0.39 is 41.1 Å². The Morgan fingerprint density at radius 3 is 1.80 bits per heavy atom. The summed E-state index contributed by atoms with van der Waals surface area (Å²) in [7, 11) is -5.94. The predicted octanol–water partition coefficient (Wildman–Crippen LogP) is 0.146. The lowest BCUT2D eigenvalue weighted by atomic mass is 10.1. The smallest absolute Gasteiger partial charge is 0.274 e. The van der Waals surface area contributed by atoms with Crippen LogP contribution in [0.5, 0.6) is 0 Å². The topological polar surface area (TPSA) is 184 Å². The average molecular weight is 307 g/mol. The summed E-state index contributed by atoms with van der Waals surface area (Å²) >= 11 is 0. The normalized spacial score (nSPS) is 11.8. The van der Waals surface area contributed by atoms with Gasteiger partial charge >= 0.3 is 15.1 Å². The van der Waals surface area contributed by atoms with Crippen molar-refractivity contribution >= 4 is 15.8 Å². The summed E-state index contributed by atoms with van der Waals surface area (Å²) in [4.78, 5) is 23.2. The molecule has 1 rings (SSSR count). The van der Waals surface area contributed by atoms with Crippen LogP contribution in [0.3, 0.4) is 0 Å². The van der Waals surface area contributed by atoms with E-state index in [1.54, 1.807) is 0 Å². The van der Waals surface area contributed by atoms with Gasteiger partial charge in [-0.25, -0.2) is 0 Å². The van der Waals surface area contributed by atoms with E-state index in [0.717, 1.165) is 12.1 Å². The van der Waals surface area contributed by atoms with Gasteiger partial charge in [0, 0.05) is 6.07 Å². The maximum Gasteiger partial charge on any atom is 0.612 e. The highest BCUT2D eigenvalue weighted by Gasteiger charge is 2.73. The number of benzene rings is 1. The standard InChI is InChI=1S/C7H5N3O9S/c11-8(12)6-4-2-1-3-5(6)7(9(13)14,10(15)16)20(17,18)19/h1-4H,(H,17,18,19). The van der Waals surface area contributed by atoms with Crippen LogP contribution in [0.1, 0.15) is 5.56 Å². The minimum absolute atomic E-state index is 0.511. The number of nitrogens with zero attached hydrogens (tertiary/aromatic N) is 3. The van der Waals surface area contributed by atoms with Crippen molar-refractivity contribution in [2.24, 2.45) is 0 Å². The van der Waals surface area contributed by atoms with E-state index >= 15 is 0 Å². The molecule has 0 bridgehead atoms. The molecule has 0 aromatic heterocycles. The summed E-state index contributed by atoms with van der Waals surface area (Å²) in [6, 6.07) is 3.10. The Labute approximate surface area is 109 Å². The number of nitro benzene ring substituents is 1. The maximum absolute atomic E-state index is 11.2. The van der Waals surface area contributed by atoms with Crippen molar-refractivity contribution < 1.29 is 27.7 Å². The third kappa shape index (κ3) is 2.04. The summed E-state index contributed by atoms with van der Waals surface area (Å²) in [6.07, 6.45) is 0. The number of rotatable bonds is 5. The van der Waals surface area contributed by atoms with Crippen LogP contribution < -0.4 is 0 Å². The maximum atomic E-state index is 11.2. The molecule has 20 heavy (non-hydrogen) atoms. The van der Waals surface area contributed by atoms with Crippen molar-refractivity contribution in [2.45, 2.75) is 4.99 Å². The highest BCUT2D eigenvalue weighted by atomic mass is 32.2. The third-order valence-electron chi connectivity index (χ3n) is 2.31. The first kappa shape index (κ1) is 15.4. The van der Waals surface area contributed by atoms with Gasteiger partial charge in [-0.15, -0.1) is 0 Å². The fourth-order valence-corrected chi connectivity index (χ4v) is 2.33. The van der Waals surface area contributed by atoms with Crippen LogP contribution >= 0.6 is 0 Å². The zero-order valence-electron chi connectivity index (χ0n) is 9.27. The molecule has 0 saturated heterocycles. The molecule has 1 aromatic carbocycles. The summed E-state index contributed by atoms with van der Waals surface area (Å²) in [5, 5.41) is 32.5. The Morgan fingerprint density at radius 2 is 1.45 bits per heavy atom. The molecule has 1 aromatic rings. The van der Waals surface area contributed by atoms with Crippen LogP contribution in [-0.2, 0) is 15.1 Å². The molecule has 0 heterocycles. The number of para-hydroxylation sites is 1. The van der Waals surface area contributed by atoms with Crippen LogP contribution in [0.15, 0.2) is 24.3 Å². The summed E-state index contributed by atoms with van der Waals surface area (Å²) in [6.45, 7) is 0. The fourth-order valence-electron chi connectivity index (χ4n) is 1.50. The predicted molar refractivity (Wildman–Crippen MR) is 60.3 cm³/mol. The van der Waals surface area contributed by atoms with Gasteiger partial charge in [-0.3, -0.25) is 34.9 Å². The monoisotopic (exact) mass is 307 g/mol. The Bertz CT molecular complexity index is 683. The molecule has 12 nitrogen and oxygen atoms in total. The van der Waals surface area contributed by atoms with E-state index in [9.17, 15) is 38.8 Å². The minimum atomic E-state index is -5.94.